The molecule has 0 amide bonds. The van der Waals surface area contributed by atoms with Crippen LogP contribution in [-0.2, 0) is 16.2 Å². The van der Waals surface area contributed by atoms with E-state index in [1.807, 2.05) is 0 Å². The lowest BCUT2D eigenvalue weighted by Crippen LogP contribution is -2.32. The molecule has 0 saturated heterocycles. The fourth-order valence-electron chi connectivity index (χ4n) is 2.84. The van der Waals surface area contributed by atoms with E-state index in [1.54, 1.807) is 0 Å². The predicted octanol–water partition coefficient (Wildman–Crippen LogP) is 3.91. The highest BCUT2D eigenvalue weighted by molar-refractivity contribution is 7.89. The smallest absolute Gasteiger partial charge is 0.207 e. The molecule has 0 N–H and O–H groups in total. The molecule has 22 heavy (non-hydrogen) atoms. The van der Waals surface area contributed by atoms with Gasteiger partial charge < -0.3 is 0 Å². The molecule has 0 heterocycles. The zero-order chi connectivity index (χ0) is 16.4. The average molecular weight is 335 g/mol. The van der Waals surface area contributed by atoms with Crippen LogP contribution in [-0.4, -0.2) is 26.3 Å². The van der Waals surface area contributed by atoms with E-state index in [2.05, 4.69) is 0 Å². The van der Waals surface area contributed by atoms with Crippen LogP contribution >= 0.6 is 0 Å². The molecule has 1 aromatic rings. The van der Waals surface area contributed by atoms with Crippen molar-refractivity contribution < 1.29 is 21.6 Å². The molecule has 0 aromatic heterocycles. The van der Waals surface area contributed by atoms with E-state index < -0.39 is 21.8 Å². The molecule has 0 spiro atoms. The summed E-state index contributed by atoms with van der Waals surface area (Å²) in [6, 6.07) is 3.92. The minimum atomic E-state index is -4.55. The summed E-state index contributed by atoms with van der Waals surface area (Å²) in [5, 5.41) is 0. The predicted molar refractivity (Wildman–Crippen MR) is 77.8 cm³/mol. The van der Waals surface area contributed by atoms with Gasteiger partial charge in [0.1, 0.15) is 0 Å². The molecule has 7 heteroatoms. The van der Waals surface area contributed by atoms with Crippen LogP contribution in [0.2, 0.25) is 0 Å². The lowest BCUT2D eigenvalue weighted by molar-refractivity contribution is -0.137. The van der Waals surface area contributed by atoms with Crippen molar-refractivity contribution in [3.63, 3.8) is 0 Å². The van der Waals surface area contributed by atoms with Gasteiger partial charge in [0, 0.05) is 13.6 Å². The summed E-state index contributed by atoms with van der Waals surface area (Å²) in [5.74, 6) is 0.291. The summed E-state index contributed by atoms with van der Waals surface area (Å²) in [6.45, 7) is 0.360. The molecule has 1 aliphatic carbocycles. The summed E-state index contributed by atoms with van der Waals surface area (Å²) in [7, 11) is -2.45. The summed E-state index contributed by atoms with van der Waals surface area (Å²) >= 11 is 0. The van der Waals surface area contributed by atoms with Crippen LogP contribution in [0.5, 0.6) is 0 Å². The zero-order valence-electron chi connectivity index (χ0n) is 12.4. The van der Waals surface area contributed by atoms with E-state index in [0.717, 1.165) is 37.8 Å². The zero-order valence-corrected chi connectivity index (χ0v) is 13.3. The number of halogens is 3. The van der Waals surface area contributed by atoms with Crippen molar-refractivity contribution in [1.29, 1.82) is 0 Å². The normalized spacial score (nSPS) is 17.9. The van der Waals surface area contributed by atoms with Gasteiger partial charge in [-0.2, -0.15) is 13.2 Å². The van der Waals surface area contributed by atoms with Crippen LogP contribution in [0, 0.1) is 5.92 Å². The van der Waals surface area contributed by atoms with Gasteiger partial charge in [-0.1, -0.05) is 25.3 Å². The number of sulfonamides is 1. The lowest BCUT2D eigenvalue weighted by atomic mass is 9.89. The summed E-state index contributed by atoms with van der Waals surface area (Å²) in [4.78, 5) is -0.305. The molecule has 1 aromatic carbocycles. The third-order valence-corrected chi connectivity index (χ3v) is 5.93. The maximum atomic E-state index is 12.7. The summed E-state index contributed by atoms with van der Waals surface area (Å²) in [6.07, 6.45) is 0.739. The van der Waals surface area contributed by atoms with E-state index in [1.165, 1.54) is 23.8 Å². The largest absolute Gasteiger partial charge is 0.416 e. The van der Waals surface area contributed by atoms with Crippen LogP contribution < -0.4 is 0 Å². The van der Waals surface area contributed by atoms with Gasteiger partial charge in [0.2, 0.25) is 10.0 Å². The van der Waals surface area contributed by atoms with Crippen molar-refractivity contribution in [1.82, 2.24) is 4.31 Å². The van der Waals surface area contributed by atoms with Crippen molar-refractivity contribution in [2.24, 2.45) is 5.92 Å². The molecule has 0 radical (unpaired) electrons. The van der Waals surface area contributed by atoms with Crippen molar-refractivity contribution in [2.45, 2.75) is 43.2 Å². The second-order valence-electron chi connectivity index (χ2n) is 5.82. The molecule has 1 fully saturated rings. The first-order valence-corrected chi connectivity index (χ1v) is 8.79. The average Bonchev–Trinajstić information content (AvgIpc) is 2.47. The van der Waals surface area contributed by atoms with E-state index in [9.17, 15) is 21.6 Å². The molecule has 0 bridgehead atoms. The molecule has 3 nitrogen and oxygen atoms in total. The Kier molecular flexibility index (Phi) is 5.17. The third-order valence-electron chi connectivity index (χ3n) is 4.11. The Labute approximate surface area is 129 Å². The van der Waals surface area contributed by atoms with Crippen LogP contribution in [0.4, 0.5) is 13.2 Å². The number of hydrogen-bond donors (Lipinski definition) is 0. The molecule has 1 saturated carbocycles. The SMILES string of the molecule is CN(CC1CCCCC1)S(=O)(=O)c1cccc(C(F)(F)F)c1. The Bertz CT molecular complexity index is 607. The van der Waals surface area contributed by atoms with Crippen LogP contribution in [0.15, 0.2) is 29.2 Å². The van der Waals surface area contributed by atoms with E-state index in [0.29, 0.717) is 18.5 Å². The van der Waals surface area contributed by atoms with E-state index >= 15 is 0 Å². The van der Waals surface area contributed by atoms with Gasteiger partial charge >= 0.3 is 6.18 Å². The fraction of sp³-hybridized carbons (Fsp3) is 0.600. The molecular weight excluding hydrogens is 315 g/mol. The molecule has 124 valence electrons. The molecule has 2 rings (SSSR count). The second kappa shape index (κ2) is 6.58. The minimum Gasteiger partial charge on any atom is -0.207 e. The number of alkyl halides is 3. The Hall–Kier alpha value is -1.08. The highest BCUT2D eigenvalue weighted by Crippen LogP contribution is 2.31. The Morgan fingerprint density at radius 2 is 1.82 bits per heavy atom. The number of rotatable bonds is 4. The quantitative estimate of drug-likeness (QED) is 0.837. The maximum Gasteiger partial charge on any atom is 0.416 e. The first-order valence-electron chi connectivity index (χ1n) is 7.35. The van der Waals surface area contributed by atoms with Crippen LogP contribution in [0.3, 0.4) is 0 Å². The summed E-state index contributed by atoms with van der Waals surface area (Å²) in [5.41, 5.74) is -0.945. The maximum absolute atomic E-state index is 12.7. The molecule has 1 aliphatic rings. The van der Waals surface area contributed by atoms with E-state index in [-0.39, 0.29) is 4.90 Å². The fourth-order valence-corrected chi connectivity index (χ4v) is 4.14. The highest BCUT2D eigenvalue weighted by Gasteiger charge is 2.32. The molecular formula is C15H20F3NO2S. The van der Waals surface area contributed by atoms with Crippen molar-refractivity contribution in [2.75, 3.05) is 13.6 Å². The Morgan fingerprint density at radius 1 is 1.18 bits per heavy atom. The molecule has 0 aliphatic heterocycles. The first-order chi connectivity index (χ1) is 10.2. The number of hydrogen-bond acceptors (Lipinski definition) is 2. The van der Waals surface area contributed by atoms with Gasteiger partial charge in [-0.25, -0.2) is 12.7 Å². The van der Waals surface area contributed by atoms with Crippen molar-refractivity contribution in [3.8, 4) is 0 Å². The number of benzene rings is 1. The monoisotopic (exact) mass is 335 g/mol. The number of nitrogens with zero attached hydrogens (tertiary/aromatic N) is 1. The third kappa shape index (κ3) is 4.01. The molecule has 0 unspecified atom stereocenters. The van der Waals surface area contributed by atoms with E-state index in [4.69, 9.17) is 0 Å². The highest BCUT2D eigenvalue weighted by atomic mass is 32.2. The Balaban J connectivity index is 2.18. The topological polar surface area (TPSA) is 37.4 Å². The standard InChI is InChI=1S/C15H20F3NO2S/c1-19(11-12-6-3-2-4-7-12)22(20,21)14-9-5-8-13(10-14)15(16,17)18/h5,8-10,12H,2-4,6-7,11H2,1H3. The van der Waals surface area contributed by atoms with Gasteiger partial charge in [0.05, 0.1) is 10.5 Å². The van der Waals surface area contributed by atoms with Crippen molar-refractivity contribution >= 4 is 10.0 Å². The minimum absolute atomic E-state index is 0.291. The van der Waals surface area contributed by atoms with Crippen LogP contribution in [0.1, 0.15) is 37.7 Å². The van der Waals surface area contributed by atoms with Crippen LogP contribution in [0.25, 0.3) is 0 Å². The first kappa shape index (κ1) is 17.3. The van der Waals surface area contributed by atoms with Gasteiger partial charge in [-0.3, -0.25) is 0 Å². The van der Waals surface area contributed by atoms with Gasteiger partial charge in [0.25, 0.3) is 0 Å². The van der Waals surface area contributed by atoms with Gasteiger partial charge in [-0.05, 0) is 37.0 Å². The summed E-state index contributed by atoms with van der Waals surface area (Å²) < 4.78 is 64.2. The van der Waals surface area contributed by atoms with Crippen molar-refractivity contribution in [3.05, 3.63) is 29.8 Å². The Morgan fingerprint density at radius 3 is 2.41 bits per heavy atom. The lowest BCUT2D eigenvalue weighted by Gasteiger charge is -2.26. The molecule has 0 atom stereocenters. The second-order valence-corrected chi connectivity index (χ2v) is 7.86. The van der Waals surface area contributed by atoms with Gasteiger partial charge in [0.15, 0.2) is 0 Å². The van der Waals surface area contributed by atoms with Gasteiger partial charge in [-0.15, -0.1) is 0 Å².